The quantitative estimate of drug-likeness (QED) is 0.302. The molecule has 1 aromatic rings. The van der Waals surface area contributed by atoms with Gasteiger partial charge >= 0.3 is 0 Å². The average molecular weight is 665 g/mol. The van der Waals surface area contributed by atoms with Crippen LogP contribution in [0.5, 0.6) is 0 Å². The highest BCUT2D eigenvalue weighted by atomic mass is 14.4. The Labute approximate surface area is 306 Å². The van der Waals surface area contributed by atoms with Crippen LogP contribution in [0.4, 0.5) is 0 Å². The van der Waals surface area contributed by atoms with Crippen molar-refractivity contribution in [1.82, 2.24) is 0 Å². The fourth-order valence-corrected chi connectivity index (χ4v) is 11.0. The third-order valence-corrected chi connectivity index (χ3v) is 13.9. The zero-order valence-corrected chi connectivity index (χ0v) is 31.4. The number of allylic oxidation sites excluding steroid dienone is 26. The Kier molecular flexibility index (Phi) is 7.07. The molecule has 0 heterocycles. The van der Waals surface area contributed by atoms with Crippen LogP contribution in [0.15, 0.2) is 169 Å². The summed E-state index contributed by atoms with van der Waals surface area (Å²) >= 11 is 0. The highest BCUT2D eigenvalue weighted by molar-refractivity contribution is 5.84. The first-order chi connectivity index (χ1) is 24.6. The maximum absolute atomic E-state index is 2.60. The molecule has 0 saturated heterocycles. The second-order valence-corrected chi connectivity index (χ2v) is 18.1. The van der Waals surface area contributed by atoms with E-state index in [2.05, 4.69) is 126 Å². The summed E-state index contributed by atoms with van der Waals surface area (Å²) in [6.07, 6.45) is 39.5. The van der Waals surface area contributed by atoms with Gasteiger partial charge in [0.05, 0.1) is 0 Å². The summed E-state index contributed by atoms with van der Waals surface area (Å²) in [7, 11) is 0. The first-order valence-electron chi connectivity index (χ1n) is 20.0. The summed E-state index contributed by atoms with van der Waals surface area (Å²) in [4.78, 5) is 0. The van der Waals surface area contributed by atoms with Gasteiger partial charge in [-0.3, -0.25) is 0 Å². The van der Waals surface area contributed by atoms with Gasteiger partial charge in [-0.2, -0.15) is 0 Å². The molecule has 51 heavy (non-hydrogen) atoms. The van der Waals surface area contributed by atoms with Crippen molar-refractivity contribution in [2.75, 3.05) is 0 Å². The lowest BCUT2D eigenvalue weighted by atomic mass is 9.62. The van der Waals surface area contributed by atoms with Gasteiger partial charge in [0.1, 0.15) is 0 Å². The lowest BCUT2D eigenvalue weighted by Gasteiger charge is -2.42. The molecule has 0 saturated carbocycles. The van der Waals surface area contributed by atoms with E-state index in [9.17, 15) is 0 Å². The largest absolute Gasteiger partial charge is 0.0764 e. The highest BCUT2D eigenvalue weighted by Crippen LogP contribution is 2.54. The molecule has 256 valence electrons. The van der Waals surface area contributed by atoms with Crippen LogP contribution in [0, 0.1) is 17.3 Å². The topological polar surface area (TPSA) is 0 Å². The number of rotatable bonds is 3. The molecule has 0 bridgehead atoms. The second-order valence-electron chi connectivity index (χ2n) is 18.1. The van der Waals surface area contributed by atoms with Gasteiger partial charge in [-0.15, -0.1) is 0 Å². The van der Waals surface area contributed by atoms with Crippen molar-refractivity contribution in [2.45, 2.75) is 104 Å². The lowest BCUT2D eigenvalue weighted by Crippen LogP contribution is -2.29. The molecule has 0 aromatic heterocycles. The van der Waals surface area contributed by atoms with Crippen LogP contribution in [0.25, 0.3) is 5.57 Å². The molecule has 0 radical (unpaired) electrons. The first-order valence-corrected chi connectivity index (χ1v) is 20.0. The predicted octanol–water partition coefficient (Wildman–Crippen LogP) is 13.5. The molecule has 2 unspecified atom stereocenters. The van der Waals surface area contributed by atoms with Crippen molar-refractivity contribution in [2.24, 2.45) is 17.3 Å². The normalized spacial score (nSPS) is 27.4. The van der Waals surface area contributed by atoms with Gasteiger partial charge in [0.15, 0.2) is 0 Å². The van der Waals surface area contributed by atoms with E-state index in [1.807, 2.05) is 0 Å². The zero-order valence-electron chi connectivity index (χ0n) is 31.4. The van der Waals surface area contributed by atoms with Gasteiger partial charge < -0.3 is 0 Å². The Balaban J connectivity index is 0.908. The Morgan fingerprint density at radius 3 is 2.02 bits per heavy atom. The molecule has 0 amide bonds. The Morgan fingerprint density at radius 2 is 1.25 bits per heavy atom. The van der Waals surface area contributed by atoms with Crippen molar-refractivity contribution < 1.29 is 0 Å². The van der Waals surface area contributed by atoms with Crippen LogP contribution in [0.2, 0.25) is 0 Å². The zero-order chi connectivity index (χ0) is 34.6. The first kappa shape index (κ1) is 31.6. The van der Waals surface area contributed by atoms with Crippen LogP contribution < -0.4 is 0 Å². The fraction of sp³-hybridized carbons (Fsp3) is 0.373. The number of benzene rings is 1. The van der Waals surface area contributed by atoms with Crippen molar-refractivity contribution in [3.05, 3.63) is 180 Å². The second kappa shape index (κ2) is 11.4. The third kappa shape index (κ3) is 4.99. The van der Waals surface area contributed by atoms with Crippen molar-refractivity contribution in [1.29, 1.82) is 0 Å². The number of hydrogen-bond acceptors (Lipinski definition) is 0. The Hall–Kier alpha value is -4.16. The molecule has 10 rings (SSSR count). The van der Waals surface area contributed by atoms with E-state index in [4.69, 9.17) is 0 Å². The fourth-order valence-electron chi connectivity index (χ4n) is 11.0. The van der Waals surface area contributed by atoms with E-state index in [0.29, 0.717) is 11.8 Å². The molecule has 0 fully saturated rings. The van der Waals surface area contributed by atoms with E-state index in [1.54, 1.807) is 72.5 Å². The molecular formula is C51H52. The third-order valence-electron chi connectivity index (χ3n) is 13.9. The molecule has 1 aromatic carbocycles. The lowest BCUT2D eigenvalue weighted by molar-refractivity contribution is 0.489. The van der Waals surface area contributed by atoms with Gasteiger partial charge in [0, 0.05) is 17.3 Å². The van der Waals surface area contributed by atoms with Crippen LogP contribution >= 0.6 is 0 Å². The summed E-state index contributed by atoms with van der Waals surface area (Å²) in [6.45, 7) is 11.9. The molecule has 9 aliphatic rings. The van der Waals surface area contributed by atoms with Gasteiger partial charge in [-0.05, 0) is 164 Å². The van der Waals surface area contributed by atoms with Crippen LogP contribution in [0.1, 0.15) is 110 Å². The van der Waals surface area contributed by atoms with Crippen molar-refractivity contribution in [3.8, 4) is 0 Å². The molecular weight excluding hydrogens is 613 g/mol. The molecule has 9 aliphatic carbocycles. The van der Waals surface area contributed by atoms with Crippen molar-refractivity contribution >= 4 is 5.57 Å². The maximum Gasteiger partial charge on any atom is 0.0196 e. The van der Waals surface area contributed by atoms with Crippen LogP contribution in [0.3, 0.4) is 0 Å². The highest BCUT2D eigenvalue weighted by Gasteiger charge is 2.40. The summed E-state index contributed by atoms with van der Waals surface area (Å²) in [5, 5.41) is 0. The summed E-state index contributed by atoms with van der Waals surface area (Å²) in [5.74, 6) is 0.978. The van der Waals surface area contributed by atoms with Crippen molar-refractivity contribution in [3.63, 3.8) is 0 Å². The number of fused-ring (bicyclic) bond motifs is 2. The van der Waals surface area contributed by atoms with E-state index in [0.717, 1.165) is 0 Å². The molecule has 2 atom stereocenters. The van der Waals surface area contributed by atoms with E-state index < -0.39 is 0 Å². The van der Waals surface area contributed by atoms with Gasteiger partial charge in [-0.1, -0.05) is 126 Å². The molecule has 0 heteroatoms. The number of hydrogen-bond donors (Lipinski definition) is 0. The SMILES string of the molecule is CC(C)(C)C1=CC2C=CC3=C4C(=C(C5=CC=C(C6=CC7=C(C=C(C8=CC9=C(CC8)c8ccccc8C9(C)C)CC7)CC6)CC5)CC3)C=CC(=C1)C42. The minimum absolute atomic E-state index is 0.101. The maximum atomic E-state index is 2.60. The Bertz CT molecular complexity index is 2230. The standard InChI is InChI=1S/C51H52/c1-50(2,3)41-28-39-19-14-33-20-23-42(45-25-22-40(29-41)48(39)49(33)45)32-12-10-31(11-13-32)34-15-16-36-27-37(18-17-35(36)26-34)38-21-24-44-43-8-6-7-9-46(43)51(4,5)47(44)30-38/h6-10,12,14,19,22,25-30,39,48H,11,13,15-18,20-21,23-24H2,1-5H3. The summed E-state index contributed by atoms with van der Waals surface area (Å²) in [6, 6.07) is 9.12. The van der Waals surface area contributed by atoms with Gasteiger partial charge in [0.25, 0.3) is 0 Å². The summed E-state index contributed by atoms with van der Waals surface area (Å²) in [5.41, 5.74) is 27.0. The molecule has 0 aliphatic heterocycles. The monoisotopic (exact) mass is 664 g/mol. The molecule has 0 nitrogen and oxygen atoms in total. The van der Waals surface area contributed by atoms with Crippen LogP contribution in [-0.4, -0.2) is 0 Å². The van der Waals surface area contributed by atoms with Crippen LogP contribution in [-0.2, 0) is 5.41 Å². The minimum atomic E-state index is 0.101. The van der Waals surface area contributed by atoms with Gasteiger partial charge in [-0.25, -0.2) is 0 Å². The van der Waals surface area contributed by atoms with Gasteiger partial charge in [0.2, 0.25) is 0 Å². The predicted molar refractivity (Wildman–Crippen MR) is 215 cm³/mol. The molecule has 0 N–H and O–H groups in total. The summed E-state index contributed by atoms with van der Waals surface area (Å²) < 4.78 is 0. The molecule has 0 spiro atoms. The average Bonchev–Trinajstić information content (AvgIpc) is 3.38. The Morgan fingerprint density at radius 1 is 0.608 bits per heavy atom. The van der Waals surface area contributed by atoms with E-state index >= 15 is 0 Å². The minimum Gasteiger partial charge on any atom is -0.0764 e. The van der Waals surface area contributed by atoms with E-state index in [1.165, 1.54) is 86.5 Å². The smallest absolute Gasteiger partial charge is 0.0196 e. The van der Waals surface area contributed by atoms with E-state index in [-0.39, 0.29) is 10.8 Å².